The summed E-state index contributed by atoms with van der Waals surface area (Å²) in [6, 6.07) is 0.665. The van der Waals surface area contributed by atoms with E-state index in [0.717, 1.165) is 38.2 Å². The molecule has 0 aromatic carbocycles. The molecule has 4 heterocycles. The van der Waals surface area contributed by atoms with E-state index in [2.05, 4.69) is 15.3 Å². The Kier molecular flexibility index (Phi) is 6.06. The Labute approximate surface area is 170 Å². The zero-order valence-electron chi connectivity index (χ0n) is 17.2. The van der Waals surface area contributed by atoms with Crippen molar-refractivity contribution in [3.63, 3.8) is 0 Å². The minimum Gasteiger partial charge on any atom is -0.379 e. The summed E-state index contributed by atoms with van der Waals surface area (Å²) in [5.41, 5.74) is 0.735. The predicted octanol–water partition coefficient (Wildman–Crippen LogP) is 2.14. The molecule has 0 aliphatic carbocycles. The first-order valence-corrected chi connectivity index (χ1v) is 10.7. The summed E-state index contributed by atoms with van der Waals surface area (Å²) in [5.74, 6) is 0.961. The Bertz CT molecular complexity index is 722. The van der Waals surface area contributed by atoms with Crippen molar-refractivity contribution in [2.75, 3.05) is 44.7 Å². The molecule has 1 aromatic rings. The highest BCUT2D eigenvalue weighted by Crippen LogP contribution is 2.36. The molecule has 1 N–H and O–H groups in total. The smallest absolute Gasteiger partial charge is 0.260 e. The van der Waals surface area contributed by atoms with Crippen LogP contribution in [0.25, 0.3) is 0 Å². The number of ether oxygens (including phenoxy) is 1. The molecule has 9 heteroatoms. The van der Waals surface area contributed by atoms with Gasteiger partial charge in [-0.2, -0.15) is 5.10 Å². The minimum absolute atomic E-state index is 0.0770. The van der Waals surface area contributed by atoms with Crippen LogP contribution in [0.3, 0.4) is 0 Å². The highest BCUT2D eigenvalue weighted by atomic mass is 19.3. The maximum Gasteiger partial charge on any atom is 0.260 e. The maximum absolute atomic E-state index is 13.7. The van der Waals surface area contributed by atoms with E-state index in [1.807, 2.05) is 24.8 Å². The van der Waals surface area contributed by atoms with Crippen molar-refractivity contribution < 1.29 is 18.3 Å². The number of alkyl halides is 2. The molecule has 2 fully saturated rings. The Morgan fingerprint density at radius 3 is 2.79 bits per heavy atom. The normalized spacial score (nSPS) is 29.4. The van der Waals surface area contributed by atoms with Crippen molar-refractivity contribution in [2.45, 2.75) is 57.7 Å². The summed E-state index contributed by atoms with van der Waals surface area (Å²) >= 11 is 0. The van der Waals surface area contributed by atoms with Crippen LogP contribution >= 0.6 is 0 Å². The van der Waals surface area contributed by atoms with Gasteiger partial charge in [0.2, 0.25) is 5.91 Å². The third-order valence-corrected chi connectivity index (χ3v) is 6.58. The first-order valence-electron chi connectivity index (χ1n) is 10.7. The van der Waals surface area contributed by atoms with Crippen LogP contribution in [0, 0.1) is 12.8 Å². The average Bonchev–Trinajstić information content (AvgIpc) is 3.12. The fourth-order valence-electron chi connectivity index (χ4n) is 4.93. The zero-order valence-corrected chi connectivity index (χ0v) is 17.2. The number of piperidine rings is 1. The van der Waals surface area contributed by atoms with Crippen LogP contribution in [0.2, 0.25) is 0 Å². The number of halogens is 2. The number of nitrogens with zero attached hydrogens (tertiary/aromatic N) is 4. The van der Waals surface area contributed by atoms with Crippen molar-refractivity contribution in [1.82, 2.24) is 19.6 Å². The summed E-state index contributed by atoms with van der Waals surface area (Å²) in [5, 5.41) is 7.67. The molecule has 3 aliphatic rings. The summed E-state index contributed by atoms with van der Waals surface area (Å²) in [4.78, 5) is 17.2. The lowest BCUT2D eigenvalue weighted by molar-refractivity contribution is -0.140. The molecule has 3 aliphatic heterocycles. The van der Waals surface area contributed by atoms with Crippen LogP contribution in [0.5, 0.6) is 0 Å². The highest BCUT2D eigenvalue weighted by Gasteiger charge is 2.39. The van der Waals surface area contributed by atoms with Gasteiger partial charge in [0.25, 0.3) is 6.43 Å². The largest absolute Gasteiger partial charge is 0.379 e. The molecule has 0 spiro atoms. The number of morpholine rings is 1. The zero-order chi connectivity index (χ0) is 20.5. The number of hydrogen-bond acceptors (Lipinski definition) is 5. The van der Waals surface area contributed by atoms with E-state index in [9.17, 15) is 13.6 Å². The third-order valence-electron chi connectivity index (χ3n) is 6.58. The van der Waals surface area contributed by atoms with E-state index in [-0.39, 0.29) is 23.9 Å². The van der Waals surface area contributed by atoms with E-state index in [0.29, 0.717) is 32.0 Å². The number of aryl methyl sites for hydroxylation is 1. The third kappa shape index (κ3) is 4.26. The second-order valence-electron chi connectivity index (χ2n) is 8.51. The van der Waals surface area contributed by atoms with Crippen molar-refractivity contribution >= 4 is 11.7 Å². The van der Waals surface area contributed by atoms with Gasteiger partial charge < -0.3 is 15.0 Å². The maximum atomic E-state index is 13.7. The van der Waals surface area contributed by atoms with Crippen LogP contribution < -0.4 is 5.32 Å². The second kappa shape index (κ2) is 8.55. The second-order valence-corrected chi connectivity index (χ2v) is 8.51. The van der Waals surface area contributed by atoms with Gasteiger partial charge in [0.05, 0.1) is 24.9 Å². The molecule has 2 saturated heterocycles. The van der Waals surface area contributed by atoms with E-state index in [1.165, 1.54) is 4.68 Å². The van der Waals surface area contributed by atoms with Gasteiger partial charge in [0.1, 0.15) is 11.9 Å². The Morgan fingerprint density at radius 2 is 2.07 bits per heavy atom. The van der Waals surface area contributed by atoms with E-state index in [1.54, 1.807) is 0 Å². The van der Waals surface area contributed by atoms with Crippen LogP contribution in [0.15, 0.2) is 6.07 Å². The molecule has 4 rings (SSSR count). The number of fused-ring (bicyclic) bond motifs is 1. The topological polar surface area (TPSA) is 62.6 Å². The number of rotatable bonds is 4. The quantitative estimate of drug-likeness (QED) is 0.823. The number of hydrogen-bond donors (Lipinski definition) is 1. The SMILES string of the molecule is Cc1cc2n(n1)[C@@H](C(F)F)C[C@@H](C1CCCN(C(=O)C(C)N3CCOCC3)C1)N2. The molecule has 7 nitrogen and oxygen atoms in total. The van der Waals surface area contributed by atoms with Gasteiger partial charge in [-0.25, -0.2) is 13.5 Å². The number of carbonyl (C=O) groups excluding carboxylic acids is 1. The average molecular weight is 411 g/mol. The van der Waals surface area contributed by atoms with Gasteiger partial charge in [-0.3, -0.25) is 9.69 Å². The van der Waals surface area contributed by atoms with Crippen LogP contribution in [0.4, 0.5) is 14.6 Å². The fourth-order valence-corrected chi connectivity index (χ4v) is 4.93. The Balaban J connectivity index is 1.43. The Hall–Kier alpha value is -1.74. The van der Waals surface area contributed by atoms with Gasteiger partial charge in [-0.15, -0.1) is 0 Å². The first kappa shape index (κ1) is 20.5. The van der Waals surface area contributed by atoms with Gasteiger partial charge >= 0.3 is 0 Å². The van der Waals surface area contributed by atoms with Crippen molar-refractivity contribution in [2.24, 2.45) is 5.92 Å². The van der Waals surface area contributed by atoms with Crippen molar-refractivity contribution in [1.29, 1.82) is 0 Å². The lowest BCUT2D eigenvalue weighted by Crippen LogP contribution is -2.54. The molecule has 162 valence electrons. The molecule has 2 unspecified atom stereocenters. The predicted molar refractivity (Wildman–Crippen MR) is 105 cm³/mol. The molecule has 0 radical (unpaired) electrons. The molecule has 1 aromatic heterocycles. The summed E-state index contributed by atoms with van der Waals surface area (Å²) in [6.45, 7) is 8.01. The van der Waals surface area contributed by atoms with Crippen LogP contribution in [0.1, 0.15) is 37.9 Å². The fraction of sp³-hybridized carbons (Fsp3) is 0.800. The van der Waals surface area contributed by atoms with Crippen molar-refractivity contribution in [3.8, 4) is 0 Å². The number of nitrogens with one attached hydrogen (secondary N) is 1. The number of carbonyl (C=O) groups is 1. The van der Waals surface area contributed by atoms with Gasteiger partial charge in [0, 0.05) is 38.3 Å². The van der Waals surface area contributed by atoms with Gasteiger partial charge in [0.15, 0.2) is 0 Å². The lowest BCUT2D eigenvalue weighted by atomic mass is 9.85. The van der Waals surface area contributed by atoms with Crippen LogP contribution in [-0.4, -0.2) is 83.4 Å². The molecule has 1 amide bonds. The number of amides is 1. The number of aromatic nitrogens is 2. The molecule has 0 saturated carbocycles. The number of likely N-dealkylation sites (tertiary alicyclic amines) is 1. The molecule has 29 heavy (non-hydrogen) atoms. The highest BCUT2D eigenvalue weighted by molar-refractivity contribution is 5.81. The van der Waals surface area contributed by atoms with E-state index in [4.69, 9.17) is 4.74 Å². The molecule has 0 bridgehead atoms. The summed E-state index contributed by atoms with van der Waals surface area (Å²) in [6.07, 6.45) is -0.281. The first-order chi connectivity index (χ1) is 13.9. The molecular weight excluding hydrogens is 380 g/mol. The summed E-state index contributed by atoms with van der Waals surface area (Å²) in [7, 11) is 0. The summed E-state index contributed by atoms with van der Waals surface area (Å²) < 4.78 is 34.2. The lowest BCUT2D eigenvalue weighted by Gasteiger charge is -2.42. The minimum atomic E-state index is -2.46. The van der Waals surface area contributed by atoms with E-state index < -0.39 is 12.5 Å². The van der Waals surface area contributed by atoms with Crippen molar-refractivity contribution in [3.05, 3.63) is 11.8 Å². The van der Waals surface area contributed by atoms with Gasteiger partial charge in [-0.1, -0.05) is 0 Å². The Morgan fingerprint density at radius 1 is 1.31 bits per heavy atom. The van der Waals surface area contributed by atoms with Gasteiger partial charge in [-0.05, 0) is 39.0 Å². The number of anilines is 1. The van der Waals surface area contributed by atoms with E-state index >= 15 is 0 Å². The molecular formula is C20H31F2N5O2. The standard InChI is InChI=1S/C20H31F2N5O2/c1-13-10-18-23-16(11-17(19(21)22)27(18)24-13)15-4-3-5-26(12-15)20(28)14(2)25-6-8-29-9-7-25/h10,14-17,19,23H,3-9,11-12H2,1-2H3/t14?,15?,16-,17+/m0/s1. The van der Waals surface area contributed by atoms with Crippen LogP contribution in [-0.2, 0) is 9.53 Å². The molecule has 4 atom stereocenters. The monoisotopic (exact) mass is 411 g/mol.